The number of aryl methyl sites for hydroxylation is 1. The van der Waals surface area contributed by atoms with Crippen LogP contribution < -0.4 is 26.2 Å². The number of aliphatic hydroxyl groups excluding tert-OH is 2. The summed E-state index contributed by atoms with van der Waals surface area (Å²) in [6, 6.07) is 10.8. The van der Waals surface area contributed by atoms with Gasteiger partial charge in [-0.1, -0.05) is 57.0 Å². The number of unbranched alkanes of at least 4 members (excludes halogenated alkanes) is 3. The number of nitrogens with zero attached hydrogens (tertiary/aromatic N) is 5. The average molecular weight is 1160 g/mol. The third-order valence-corrected chi connectivity index (χ3v) is 20.6. The maximum absolute atomic E-state index is 15.5. The van der Waals surface area contributed by atoms with Gasteiger partial charge in [0.1, 0.15) is 29.6 Å². The molecule has 4 aromatic rings. The molecule has 82 heavy (non-hydrogen) atoms. The van der Waals surface area contributed by atoms with Crippen molar-refractivity contribution >= 4 is 36.3 Å². The summed E-state index contributed by atoms with van der Waals surface area (Å²) in [5, 5.41) is 53.4. The van der Waals surface area contributed by atoms with Crippen molar-refractivity contribution in [1.82, 2.24) is 29.2 Å². The number of aliphatic hydroxyl groups is 4. The van der Waals surface area contributed by atoms with Crippen LogP contribution in [0, 0.1) is 18.3 Å². The highest BCUT2D eigenvalue weighted by molar-refractivity contribution is 7.46. The Morgan fingerprint density at radius 1 is 0.976 bits per heavy atom. The molecule has 13 atom stereocenters. The SMILES string of the molecule is CC[C@]1(O)CC2CN(CCc3c([nH]c4ccccc34)[C@@](C(=O)OC)(c3cc4c(cc3OC)N(C)[C@@H]3C45CCN4CC=C[C@](CC)([C@H]45)[C@@H](O)[C@@]3(O)C(=O)NCCCCCCn3c(=O)c(C)cn([C@@H]4C[C@@H](O)[C@H](COP(=O)(O)O)O4)c3=O)C2)C1. The number of phosphoric acid groups is 1. The number of hydrogen-bond acceptors (Lipinski definition) is 16. The molecule has 6 aliphatic heterocycles. The minimum absolute atomic E-state index is 0.0662. The van der Waals surface area contributed by atoms with E-state index in [0.717, 1.165) is 26.6 Å². The molecule has 4 fully saturated rings. The third-order valence-electron chi connectivity index (χ3n) is 20.1. The molecule has 8 N–H and O–H groups in total. The number of nitrogens with one attached hydrogen (secondary N) is 2. The Balaban J connectivity index is 0.899. The fourth-order valence-corrected chi connectivity index (χ4v) is 16.8. The number of carbonyl (C=O) groups is 2. The monoisotopic (exact) mass is 1160 g/mol. The van der Waals surface area contributed by atoms with Gasteiger partial charge in [0.05, 0.1) is 38.6 Å². The van der Waals surface area contributed by atoms with Gasteiger partial charge in [0.15, 0.2) is 5.60 Å². The van der Waals surface area contributed by atoms with Crippen molar-refractivity contribution in [3.05, 3.63) is 104 Å². The Morgan fingerprint density at radius 3 is 2.48 bits per heavy atom. The lowest BCUT2D eigenvalue weighted by molar-refractivity contribution is -0.203. The number of anilines is 1. The summed E-state index contributed by atoms with van der Waals surface area (Å²) in [6.45, 7) is 8.26. The fourth-order valence-electron chi connectivity index (χ4n) is 16.5. The Labute approximate surface area is 476 Å². The number of benzene rings is 2. The maximum Gasteiger partial charge on any atom is 0.469 e. The van der Waals surface area contributed by atoms with E-state index in [9.17, 15) is 34.6 Å². The Morgan fingerprint density at radius 2 is 1.74 bits per heavy atom. The summed E-state index contributed by atoms with van der Waals surface area (Å²) in [6.07, 6.45) is 5.33. The van der Waals surface area contributed by atoms with Crippen molar-refractivity contribution in [1.29, 1.82) is 0 Å². The molecule has 7 aliphatic rings. The number of H-pyrrole nitrogens is 1. The number of aromatic amines is 1. The minimum atomic E-state index is -4.84. The summed E-state index contributed by atoms with van der Waals surface area (Å²) in [4.78, 5) is 86.5. The fraction of sp³-hybridized carbons (Fsp3) is 0.627. The molecule has 3 saturated heterocycles. The first-order valence-corrected chi connectivity index (χ1v) is 30.6. The summed E-state index contributed by atoms with van der Waals surface area (Å²) in [5.74, 6) is -0.909. The van der Waals surface area contributed by atoms with E-state index < -0.39 is 95.6 Å². The minimum Gasteiger partial charge on any atom is -0.496 e. The van der Waals surface area contributed by atoms with Crippen molar-refractivity contribution in [3.63, 3.8) is 0 Å². The quantitative estimate of drug-likeness (QED) is 0.0326. The van der Waals surface area contributed by atoms with Gasteiger partial charge in [0.25, 0.3) is 11.5 Å². The number of fused-ring (bicyclic) bond motifs is 6. The first kappa shape index (κ1) is 58.5. The van der Waals surface area contributed by atoms with E-state index in [1.165, 1.54) is 17.9 Å². The molecule has 2 bridgehead atoms. The van der Waals surface area contributed by atoms with Crippen LogP contribution in [0.25, 0.3) is 10.9 Å². The summed E-state index contributed by atoms with van der Waals surface area (Å²) >= 11 is 0. The van der Waals surface area contributed by atoms with Crippen LogP contribution in [0.1, 0.15) is 112 Å². The second-order valence-electron chi connectivity index (χ2n) is 24.5. The highest BCUT2D eigenvalue weighted by Crippen LogP contribution is 2.68. The topological polar surface area (TPSA) is 291 Å². The second kappa shape index (κ2) is 21.7. The van der Waals surface area contributed by atoms with E-state index >= 15 is 9.59 Å². The van der Waals surface area contributed by atoms with Gasteiger partial charge in [0.2, 0.25) is 0 Å². The largest absolute Gasteiger partial charge is 0.496 e. The summed E-state index contributed by atoms with van der Waals surface area (Å²) in [5.41, 5.74) is -3.06. The first-order valence-electron chi connectivity index (χ1n) is 29.1. The van der Waals surface area contributed by atoms with Crippen LogP contribution in [0.4, 0.5) is 5.69 Å². The lowest BCUT2D eigenvalue weighted by Gasteiger charge is -2.63. The van der Waals surface area contributed by atoms with Gasteiger partial charge in [-0.05, 0) is 94.0 Å². The number of aromatic nitrogens is 3. The molecule has 8 heterocycles. The molecule has 1 saturated carbocycles. The Hall–Kier alpha value is -5.23. The zero-order valence-electron chi connectivity index (χ0n) is 47.7. The van der Waals surface area contributed by atoms with Crippen LogP contribution >= 0.6 is 7.82 Å². The smallest absolute Gasteiger partial charge is 0.469 e. The van der Waals surface area contributed by atoms with Gasteiger partial charge in [-0.2, -0.15) is 0 Å². The molecule has 446 valence electrons. The first-order chi connectivity index (χ1) is 39.0. The number of hydrogen-bond donors (Lipinski definition) is 8. The normalized spacial score (nSPS) is 33.9. The van der Waals surface area contributed by atoms with E-state index in [1.54, 1.807) is 14.0 Å². The molecule has 2 aromatic carbocycles. The number of piperidine rings is 1. The summed E-state index contributed by atoms with van der Waals surface area (Å²) < 4.78 is 36.3. The van der Waals surface area contributed by atoms with E-state index in [2.05, 4.69) is 36.8 Å². The van der Waals surface area contributed by atoms with Crippen LogP contribution in [0.3, 0.4) is 0 Å². The zero-order chi connectivity index (χ0) is 58.5. The predicted octanol–water partition coefficient (Wildman–Crippen LogP) is 3.01. The van der Waals surface area contributed by atoms with E-state index in [-0.39, 0.29) is 43.5 Å². The lowest BCUT2D eigenvalue weighted by atomic mass is 9.47. The molecular weight excluding hydrogens is 1080 g/mol. The number of ether oxygens (including phenoxy) is 3. The third kappa shape index (κ3) is 9.16. The van der Waals surface area contributed by atoms with Crippen molar-refractivity contribution in [3.8, 4) is 5.75 Å². The van der Waals surface area contributed by atoms with Crippen molar-refractivity contribution in [2.45, 2.75) is 157 Å². The van der Waals surface area contributed by atoms with Gasteiger partial charge in [0, 0.05) is 115 Å². The number of para-hydroxylation sites is 1. The number of carbonyl (C=O) groups excluding carboxylic acids is 2. The van der Waals surface area contributed by atoms with Crippen LogP contribution in [0.2, 0.25) is 0 Å². The van der Waals surface area contributed by atoms with Crippen LogP contribution in [0.5, 0.6) is 5.75 Å². The highest BCUT2D eigenvalue weighted by atomic mass is 31.2. The number of esters is 1. The molecule has 22 nitrogen and oxygen atoms in total. The molecule has 2 aromatic heterocycles. The molecular formula is C59H80N7O15P. The van der Waals surface area contributed by atoms with E-state index in [0.29, 0.717) is 113 Å². The number of amides is 1. The summed E-state index contributed by atoms with van der Waals surface area (Å²) in [7, 11) is 0.0202. The van der Waals surface area contributed by atoms with E-state index in [1.807, 2.05) is 62.2 Å². The van der Waals surface area contributed by atoms with Gasteiger partial charge in [-0.15, -0.1) is 0 Å². The predicted molar refractivity (Wildman–Crippen MR) is 303 cm³/mol. The number of methoxy groups -OCH3 is 2. The Kier molecular flexibility index (Phi) is 15.5. The molecule has 1 amide bonds. The van der Waals surface area contributed by atoms with Crippen LogP contribution in [-0.4, -0.2) is 175 Å². The van der Waals surface area contributed by atoms with E-state index in [4.69, 9.17) is 24.0 Å². The van der Waals surface area contributed by atoms with Crippen LogP contribution in [0.15, 0.2) is 64.3 Å². The molecule has 1 aliphatic carbocycles. The molecule has 11 rings (SSSR count). The molecule has 0 radical (unpaired) electrons. The number of likely N-dealkylation sites (N-methyl/N-ethyl adjacent to an activating group) is 1. The van der Waals surface area contributed by atoms with Gasteiger partial charge in [-0.25, -0.2) is 9.36 Å². The molecule has 3 unspecified atom stereocenters. The lowest BCUT2D eigenvalue weighted by Crippen LogP contribution is -2.81. The zero-order valence-corrected chi connectivity index (χ0v) is 48.6. The highest BCUT2D eigenvalue weighted by Gasteiger charge is 2.78. The number of rotatable bonds is 17. The van der Waals surface area contributed by atoms with Gasteiger partial charge >= 0.3 is 19.5 Å². The standard InChI is InChI=1S/C59H80N7O15P/c1-7-55(73)29-36-30-58(53(71)79-6,47-38(18-24-63(32-36)34-55)37-16-11-12-17-41(37)61-47)40-26-39-42(27-44(40)78-5)62(4)50-57(39)20-25-64-22-15-19-56(8-2,49(57)64)51(69)59(50,74)52(70)60-21-13-9-10-14-23-65-48(68)35(3)31-66(54(65)72)46-28-43(67)45(81-46)33-80-82(75,76)77/h11-12,15-17,19,26-27,31,36,43,45-46,49-51,61,67,69,73-74H,7-10,13-14,18,20-25,28-30,32-34H2,1-6H3,(H,60,70)(H2,75,76,77)/t36?,43-,45+,46+,49+,50-,51-,55+,56-,57?,58+,59-/m1/s1. The molecule has 1 spiro atoms. The molecule has 23 heteroatoms. The van der Waals surface area contributed by atoms with Crippen molar-refractivity contribution in [2.24, 2.45) is 11.3 Å². The average Bonchev–Trinajstić information content (AvgIpc) is 1.48. The second-order valence-corrected chi connectivity index (χ2v) is 25.7. The Bertz CT molecular complexity index is 3340. The van der Waals surface area contributed by atoms with Gasteiger partial charge < -0.3 is 59.6 Å². The number of phosphoric ester groups is 1. The van der Waals surface area contributed by atoms with Crippen LogP contribution in [-0.2, 0) is 51.9 Å². The van der Waals surface area contributed by atoms with Crippen molar-refractivity contribution < 1.29 is 63.1 Å². The maximum atomic E-state index is 15.5. The van der Waals surface area contributed by atoms with Gasteiger partial charge in [-0.3, -0.25) is 37.8 Å². The van der Waals surface area contributed by atoms with Crippen molar-refractivity contribution in [2.75, 3.05) is 72.0 Å².